The van der Waals surface area contributed by atoms with Crippen LogP contribution in [-0.4, -0.2) is 21.6 Å². The van der Waals surface area contributed by atoms with Gasteiger partial charge in [-0.15, -0.1) is 0 Å². The molecule has 0 unspecified atom stereocenters. The van der Waals surface area contributed by atoms with Crippen molar-refractivity contribution < 1.29 is 24.4 Å². The minimum absolute atomic E-state index is 0.816. The molecular weight excluding hydrogens is 394 g/mol. The summed E-state index contributed by atoms with van der Waals surface area (Å²) in [5, 5.41) is 16.3. The zero-order valence-corrected chi connectivity index (χ0v) is 18.0. The molecule has 0 saturated heterocycles. The van der Waals surface area contributed by atoms with E-state index in [1.165, 1.54) is 55.1 Å². The van der Waals surface area contributed by atoms with Crippen LogP contribution in [0.3, 0.4) is 0 Å². The molecule has 0 aliphatic carbocycles. The number of benzene rings is 2. The van der Waals surface area contributed by atoms with Crippen molar-refractivity contribution >= 4 is 28.9 Å². The Morgan fingerprint density at radius 3 is 2.19 bits per heavy atom. The van der Waals surface area contributed by atoms with Crippen LogP contribution in [0.2, 0.25) is 0 Å². The minimum Gasteiger partial charge on any atom is -0.539 e. The van der Waals surface area contributed by atoms with Gasteiger partial charge in [0.15, 0.2) is 5.97 Å². The van der Waals surface area contributed by atoms with Gasteiger partial charge in [-0.25, -0.2) is 13.9 Å². The second-order valence-corrected chi connectivity index (χ2v) is 7.43. The number of imidazole rings is 1. The van der Waals surface area contributed by atoms with Crippen LogP contribution in [0, 0.1) is 0 Å². The van der Waals surface area contributed by atoms with E-state index in [0.29, 0.717) is 0 Å². The van der Waals surface area contributed by atoms with Crippen LogP contribution in [-0.2, 0) is 22.7 Å². The number of aromatic nitrogens is 2. The smallest absolute Gasteiger partial charge is 0.356 e. The molecule has 7 nitrogen and oxygen atoms in total. The topological polar surface area (TPSA) is 112 Å². The predicted octanol–water partition coefficient (Wildman–Crippen LogP) is 2.74. The number of aryl methyl sites for hydroxylation is 1. The molecule has 0 radical (unpaired) electrons. The zero-order valence-electron chi connectivity index (χ0n) is 18.0. The molecule has 3 rings (SSSR count). The van der Waals surface area contributed by atoms with Crippen molar-refractivity contribution in [1.82, 2.24) is 4.57 Å². The van der Waals surface area contributed by atoms with Crippen LogP contribution in [0.1, 0.15) is 51.0 Å². The molecule has 166 valence electrons. The van der Waals surface area contributed by atoms with E-state index in [9.17, 15) is 0 Å². The van der Waals surface area contributed by atoms with Gasteiger partial charge in [0, 0.05) is 0 Å². The highest BCUT2D eigenvalue weighted by molar-refractivity contribution is 6.26. The Kier molecular flexibility index (Phi) is 9.55. The van der Waals surface area contributed by atoms with E-state index < -0.39 is 11.9 Å². The Labute approximate surface area is 182 Å². The highest BCUT2D eigenvalue weighted by atomic mass is 16.4. The van der Waals surface area contributed by atoms with Gasteiger partial charge in [-0.05, 0) is 24.1 Å². The summed E-state index contributed by atoms with van der Waals surface area (Å²) >= 11 is 0. The third-order valence-electron chi connectivity index (χ3n) is 5.11. The first-order valence-corrected chi connectivity index (χ1v) is 10.7. The summed E-state index contributed by atoms with van der Waals surface area (Å²) in [6, 6.07) is 19.1. The summed E-state index contributed by atoms with van der Waals surface area (Å²) in [5.74, 6) is -3.15. The second-order valence-electron chi connectivity index (χ2n) is 7.43. The van der Waals surface area contributed by atoms with E-state index in [1.54, 1.807) is 0 Å². The first kappa shape index (κ1) is 23.9. The first-order chi connectivity index (χ1) is 15.0. The first-order valence-electron chi connectivity index (χ1n) is 10.7. The number of carbonyl (C=O) groups excluding carboxylic acids is 1. The fourth-order valence-electron chi connectivity index (χ4n) is 3.53. The number of hydrogen-bond donors (Lipinski definition) is 2. The number of rotatable bonds is 9. The lowest BCUT2D eigenvalue weighted by Gasteiger charge is -2.03. The molecule has 0 spiro atoms. The van der Waals surface area contributed by atoms with Crippen LogP contribution in [0.5, 0.6) is 0 Å². The summed E-state index contributed by atoms with van der Waals surface area (Å²) in [4.78, 5) is 18.0. The summed E-state index contributed by atoms with van der Waals surface area (Å²) in [5.41, 5.74) is 10.3. The molecule has 0 bridgehead atoms. The molecule has 0 amide bonds. The monoisotopic (exact) mass is 425 g/mol. The number of carboxylic acids is 2. The average Bonchev–Trinajstić information content (AvgIpc) is 3.03. The lowest BCUT2D eigenvalue weighted by atomic mass is 10.1. The van der Waals surface area contributed by atoms with Gasteiger partial charge in [0.25, 0.3) is 0 Å². The summed E-state index contributed by atoms with van der Waals surface area (Å²) in [7, 11) is 0. The summed E-state index contributed by atoms with van der Waals surface area (Å²) < 4.78 is 4.53. The molecule has 1 aromatic heterocycles. The lowest BCUT2D eigenvalue weighted by Crippen LogP contribution is -2.37. The Bertz CT molecular complexity index is 971. The van der Waals surface area contributed by atoms with Crippen molar-refractivity contribution in [3.8, 4) is 0 Å². The fraction of sp³-hybridized carbons (Fsp3) is 0.375. The Hall–Kier alpha value is -3.35. The second kappa shape index (κ2) is 12.4. The van der Waals surface area contributed by atoms with Gasteiger partial charge in [0.1, 0.15) is 11.0 Å². The molecule has 2 aromatic carbocycles. The number of carboxylic acid groups (broad SMARTS) is 2. The largest absolute Gasteiger partial charge is 0.539 e. The molecule has 7 heteroatoms. The number of anilines is 1. The van der Waals surface area contributed by atoms with E-state index in [-0.39, 0.29) is 0 Å². The summed E-state index contributed by atoms with van der Waals surface area (Å²) in [6.07, 6.45) is 7.81. The number of hydrogen-bond acceptors (Lipinski definition) is 4. The number of fused-ring (bicyclic) bond motifs is 1. The molecule has 3 N–H and O–H groups in total. The fourth-order valence-corrected chi connectivity index (χ4v) is 3.53. The Morgan fingerprint density at radius 2 is 1.55 bits per heavy atom. The maximum absolute atomic E-state index is 9.04. The SMILES string of the molecule is CCCCCCCCn1c(N)[n+](Cc2ccccc2)c2ccccc21.O=C([O-])C(=O)O. The van der Waals surface area contributed by atoms with Crippen LogP contribution in [0.4, 0.5) is 5.95 Å². The van der Waals surface area contributed by atoms with Crippen LogP contribution >= 0.6 is 0 Å². The van der Waals surface area contributed by atoms with E-state index in [4.69, 9.17) is 25.5 Å². The van der Waals surface area contributed by atoms with Crippen molar-refractivity contribution in [1.29, 1.82) is 0 Å². The number of carbonyl (C=O) groups is 2. The number of nitrogens with two attached hydrogens (primary N) is 1. The standard InChI is InChI=1S/C22H29N3.C2H2O4/c1-2-3-4-5-6-12-17-24-20-15-10-11-16-21(20)25(22(24)23)18-19-13-8-7-9-14-19;3-1(4)2(5)6/h7-11,13-16,23H,2-6,12,17-18H2,1H3;(H,3,4)(H,5,6). The van der Waals surface area contributed by atoms with E-state index in [0.717, 1.165) is 19.0 Å². The van der Waals surface area contributed by atoms with Crippen molar-refractivity contribution in [3.05, 3.63) is 60.2 Å². The minimum atomic E-state index is -2.07. The van der Waals surface area contributed by atoms with Crippen LogP contribution in [0.15, 0.2) is 54.6 Å². The van der Waals surface area contributed by atoms with E-state index in [1.807, 2.05) is 0 Å². The van der Waals surface area contributed by atoms with Crippen LogP contribution < -0.4 is 15.4 Å². The third kappa shape index (κ3) is 7.13. The lowest BCUT2D eigenvalue weighted by molar-refractivity contribution is -0.648. The highest BCUT2D eigenvalue weighted by Gasteiger charge is 2.20. The Balaban J connectivity index is 0.000000501. The maximum Gasteiger partial charge on any atom is 0.356 e. The molecule has 1 heterocycles. The van der Waals surface area contributed by atoms with Crippen molar-refractivity contribution in [2.45, 2.75) is 58.5 Å². The highest BCUT2D eigenvalue weighted by Crippen LogP contribution is 2.18. The number of nitrogen functional groups attached to an aromatic ring is 1. The number of aliphatic carboxylic acids is 2. The quantitative estimate of drug-likeness (QED) is 0.311. The van der Waals surface area contributed by atoms with Gasteiger partial charge in [0.2, 0.25) is 0 Å². The zero-order chi connectivity index (χ0) is 22.6. The summed E-state index contributed by atoms with van der Waals surface area (Å²) in [6.45, 7) is 4.08. The molecule has 3 aromatic rings. The average molecular weight is 426 g/mol. The molecular formula is C24H31N3O4. The van der Waals surface area contributed by atoms with Gasteiger partial charge < -0.3 is 15.0 Å². The van der Waals surface area contributed by atoms with E-state index >= 15 is 0 Å². The molecule has 31 heavy (non-hydrogen) atoms. The predicted molar refractivity (Wildman–Crippen MR) is 118 cm³/mol. The van der Waals surface area contributed by atoms with Crippen molar-refractivity contribution in [2.75, 3.05) is 5.73 Å². The van der Waals surface area contributed by atoms with E-state index in [2.05, 4.69) is 70.7 Å². The normalized spacial score (nSPS) is 10.5. The van der Waals surface area contributed by atoms with Gasteiger partial charge in [-0.1, -0.05) is 81.5 Å². The molecule has 0 atom stereocenters. The van der Waals surface area contributed by atoms with Crippen molar-refractivity contribution in [3.63, 3.8) is 0 Å². The number of para-hydroxylation sites is 2. The third-order valence-corrected chi connectivity index (χ3v) is 5.11. The maximum atomic E-state index is 9.04. The van der Waals surface area contributed by atoms with Crippen molar-refractivity contribution in [2.24, 2.45) is 0 Å². The molecule has 0 fully saturated rings. The van der Waals surface area contributed by atoms with Gasteiger partial charge in [-0.3, -0.25) is 5.73 Å². The van der Waals surface area contributed by atoms with Crippen LogP contribution in [0.25, 0.3) is 11.0 Å². The molecule has 0 aliphatic rings. The van der Waals surface area contributed by atoms with Gasteiger partial charge in [0.05, 0.1) is 13.1 Å². The molecule has 0 saturated carbocycles. The number of unbranched alkanes of at least 4 members (excludes halogenated alkanes) is 5. The van der Waals surface area contributed by atoms with Gasteiger partial charge in [-0.2, -0.15) is 0 Å². The van der Waals surface area contributed by atoms with Gasteiger partial charge >= 0.3 is 11.9 Å². The molecule has 0 aliphatic heterocycles. The number of nitrogens with zero attached hydrogens (tertiary/aromatic N) is 2. The Morgan fingerprint density at radius 1 is 0.968 bits per heavy atom.